The Balaban J connectivity index is 1.92. The smallest absolute Gasteiger partial charge is 0.266 e. The van der Waals surface area contributed by atoms with Gasteiger partial charge in [-0.25, -0.2) is 17.8 Å². The number of benzene rings is 1. The molecule has 0 saturated carbocycles. The summed E-state index contributed by atoms with van der Waals surface area (Å²) in [5.74, 6) is -0.960. The highest BCUT2D eigenvalue weighted by Gasteiger charge is 2.22. The van der Waals surface area contributed by atoms with Crippen LogP contribution < -0.4 is 15.8 Å². The van der Waals surface area contributed by atoms with Gasteiger partial charge in [0.1, 0.15) is 10.7 Å². The highest BCUT2D eigenvalue weighted by molar-refractivity contribution is 7.93. The van der Waals surface area contributed by atoms with Crippen molar-refractivity contribution in [2.45, 2.75) is 43.4 Å². The minimum atomic E-state index is -4.28. The van der Waals surface area contributed by atoms with Crippen LogP contribution in [-0.4, -0.2) is 26.5 Å². The van der Waals surface area contributed by atoms with Crippen LogP contribution in [0.5, 0.6) is 0 Å². The minimum absolute atomic E-state index is 0.0787. The zero-order valence-electron chi connectivity index (χ0n) is 15.2. The first kappa shape index (κ1) is 22.8. The Hall–Kier alpha value is -1.49. The Bertz CT molecular complexity index is 878. The molecule has 0 amide bonds. The molecule has 1 heterocycles. The Morgan fingerprint density at radius 3 is 2.43 bits per heavy atom. The quantitative estimate of drug-likeness (QED) is 0.409. The van der Waals surface area contributed by atoms with Gasteiger partial charge in [0.15, 0.2) is 10.3 Å². The van der Waals surface area contributed by atoms with E-state index < -0.39 is 25.9 Å². The summed E-state index contributed by atoms with van der Waals surface area (Å²) in [6.45, 7) is 1.31. The second-order valence-corrected chi connectivity index (χ2v) is 9.21. The van der Waals surface area contributed by atoms with Gasteiger partial charge in [-0.2, -0.15) is 4.39 Å². The van der Waals surface area contributed by atoms with Crippen LogP contribution in [0.2, 0.25) is 5.02 Å². The fourth-order valence-corrected chi connectivity index (χ4v) is 4.71. The predicted octanol–water partition coefficient (Wildman–Crippen LogP) is 4.59. The van der Waals surface area contributed by atoms with Crippen molar-refractivity contribution in [1.29, 1.82) is 0 Å². The van der Waals surface area contributed by atoms with Gasteiger partial charge in [-0.05, 0) is 31.5 Å². The summed E-state index contributed by atoms with van der Waals surface area (Å²) in [4.78, 5) is 2.93. The summed E-state index contributed by atoms with van der Waals surface area (Å²) in [7, 11) is -4.28. The first-order valence-electron chi connectivity index (χ1n) is 8.90. The number of hydrogen-bond acceptors (Lipinski definition) is 6. The maximum Gasteiger partial charge on any atom is 0.266 e. The van der Waals surface area contributed by atoms with Gasteiger partial charge >= 0.3 is 0 Å². The minimum Gasteiger partial charge on any atom is -0.384 e. The molecule has 0 bridgehead atoms. The lowest BCUT2D eigenvalue weighted by atomic mass is 10.1. The number of unbranched alkanes of at least 4 members (excludes halogenated alkanes) is 5. The number of rotatable bonds is 12. The summed E-state index contributed by atoms with van der Waals surface area (Å²) in [5, 5.41) is 2.25. The van der Waals surface area contributed by atoms with Crippen LogP contribution in [0.1, 0.15) is 38.5 Å². The molecular weight excluding hydrogens is 430 g/mol. The monoisotopic (exact) mass is 452 g/mol. The van der Waals surface area contributed by atoms with E-state index in [9.17, 15) is 17.2 Å². The SMILES string of the molecule is NCCCCCCCCNc1cc(F)c(S(=O)(=O)Nc2ncc(F)s2)cc1Cl. The average Bonchev–Trinajstić information content (AvgIpc) is 3.03. The van der Waals surface area contributed by atoms with E-state index in [2.05, 4.69) is 10.3 Å². The molecule has 156 valence electrons. The zero-order chi connectivity index (χ0) is 20.6. The second kappa shape index (κ2) is 10.9. The van der Waals surface area contributed by atoms with Crippen LogP contribution in [0.25, 0.3) is 0 Å². The normalized spacial score (nSPS) is 11.6. The maximum atomic E-state index is 14.4. The van der Waals surface area contributed by atoms with Crippen molar-refractivity contribution in [3.63, 3.8) is 0 Å². The van der Waals surface area contributed by atoms with E-state index in [-0.39, 0.29) is 10.2 Å². The van der Waals surface area contributed by atoms with E-state index in [0.717, 1.165) is 56.9 Å². The number of aromatic nitrogens is 1. The lowest BCUT2D eigenvalue weighted by Gasteiger charge is -2.12. The van der Waals surface area contributed by atoms with Crippen LogP contribution in [0, 0.1) is 10.9 Å². The van der Waals surface area contributed by atoms with Crippen molar-refractivity contribution in [2.75, 3.05) is 23.1 Å². The average molecular weight is 453 g/mol. The van der Waals surface area contributed by atoms with Crippen molar-refractivity contribution in [3.05, 3.63) is 34.3 Å². The van der Waals surface area contributed by atoms with Crippen LogP contribution in [-0.2, 0) is 10.0 Å². The summed E-state index contributed by atoms with van der Waals surface area (Å²) in [6.07, 6.45) is 7.18. The van der Waals surface area contributed by atoms with Gasteiger partial charge in [0.25, 0.3) is 10.0 Å². The summed E-state index contributed by atoms with van der Waals surface area (Å²) in [5.41, 5.74) is 5.77. The lowest BCUT2D eigenvalue weighted by Crippen LogP contribution is -2.15. The Kier molecular flexibility index (Phi) is 8.87. The fourth-order valence-electron chi connectivity index (χ4n) is 2.54. The van der Waals surface area contributed by atoms with Gasteiger partial charge in [0.05, 0.1) is 16.9 Å². The van der Waals surface area contributed by atoms with Gasteiger partial charge in [0, 0.05) is 6.54 Å². The molecule has 11 heteroatoms. The zero-order valence-corrected chi connectivity index (χ0v) is 17.6. The number of anilines is 2. The van der Waals surface area contributed by atoms with E-state index in [1.54, 1.807) is 0 Å². The molecule has 1 aromatic heterocycles. The number of nitrogens with zero attached hydrogens (tertiary/aromatic N) is 1. The van der Waals surface area contributed by atoms with Gasteiger partial charge in [0.2, 0.25) is 0 Å². The Morgan fingerprint density at radius 2 is 1.79 bits per heavy atom. The van der Waals surface area contributed by atoms with Crippen LogP contribution in [0.15, 0.2) is 23.2 Å². The second-order valence-electron chi connectivity index (χ2n) is 6.17. The van der Waals surface area contributed by atoms with Crippen LogP contribution in [0.3, 0.4) is 0 Å². The molecular formula is C17H23ClF2N4O2S2. The van der Waals surface area contributed by atoms with Gasteiger partial charge in [-0.1, -0.05) is 48.6 Å². The third kappa shape index (κ3) is 6.84. The van der Waals surface area contributed by atoms with E-state index in [1.165, 1.54) is 0 Å². The van der Waals surface area contributed by atoms with Crippen LogP contribution in [0.4, 0.5) is 19.6 Å². The molecule has 0 saturated heterocycles. The van der Waals surface area contributed by atoms with Gasteiger partial charge in [-0.3, -0.25) is 4.72 Å². The number of hydrogen-bond donors (Lipinski definition) is 3. The molecule has 0 aliphatic carbocycles. The lowest BCUT2D eigenvalue weighted by molar-refractivity contribution is 0.570. The Morgan fingerprint density at radius 1 is 1.11 bits per heavy atom. The molecule has 0 spiro atoms. The van der Waals surface area contributed by atoms with E-state index in [4.69, 9.17) is 17.3 Å². The van der Waals surface area contributed by atoms with E-state index >= 15 is 0 Å². The van der Waals surface area contributed by atoms with Crippen molar-refractivity contribution in [2.24, 2.45) is 5.73 Å². The molecule has 0 aliphatic rings. The third-order valence-corrected chi connectivity index (χ3v) is 6.45. The topological polar surface area (TPSA) is 97.1 Å². The molecule has 2 rings (SSSR count). The fraction of sp³-hybridized carbons (Fsp3) is 0.471. The van der Waals surface area contributed by atoms with Crippen molar-refractivity contribution >= 4 is 43.8 Å². The summed E-state index contributed by atoms with van der Waals surface area (Å²) >= 11 is 6.61. The number of nitrogens with two attached hydrogens (primary N) is 1. The largest absolute Gasteiger partial charge is 0.384 e. The molecule has 0 fully saturated rings. The summed E-state index contributed by atoms with van der Waals surface area (Å²) < 4.78 is 54.0. The molecule has 28 heavy (non-hydrogen) atoms. The van der Waals surface area contributed by atoms with Crippen molar-refractivity contribution in [3.8, 4) is 0 Å². The number of thiazole rings is 1. The number of nitrogens with one attached hydrogen (secondary N) is 2. The number of halogens is 3. The number of sulfonamides is 1. The molecule has 0 aliphatic heterocycles. The van der Waals surface area contributed by atoms with Crippen LogP contribution >= 0.6 is 22.9 Å². The van der Waals surface area contributed by atoms with Gasteiger partial charge < -0.3 is 11.1 Å². The molecule has 6 nitrogen and oxygen atoms in total. The van der Waals surface area contributed by atoms with Crippen molar-refractivity contribution in [1.82, 2.24) is 4.98 Å². The van der Waals surface area contributed by atoms with E-state index in [1.807, 2.05) is 4.72 Å². The molecule has 2 aromatic rings. The molecule has 0 atom stereocenters. The highest BCUT2D eigenvalue weighted by Crippen LogP contribution is 2.30. The Labute approximate surface area is 172 Å². The molecule has 0 unspecified atom stereocenters. The first-order chi connectivity index (χ1) is 13.3. The molecule has 4 N–H and O–H groups in total. The summed E-state index contributed by atoms with van der Waals surface area (Å²) in [6, 6.07) is 2.07. The molecule has 1 aromatic carbocycles. The van der Waals surface area contributed by atoms with Crippen molar-refractivity contribution < 1.29 is 17.2 Å². The van der Waals surface area contributed by atoms with E-state index in [0.29, 0.717) is 30.1 Å². The maximum absolute atomic E-state index is 14.4. The van der Waals surface area contributed by atoms with Gasteiger partial charge in [-0.15, -0.1) is 0 Å². The highest BCUT2D eigenvalue weighted by atomic mass is 35.5. The first-order valence-corrected chi connectivity index (χ1v) is 11.6. The standard InChI is InChI=1S/C17H23ClF2N4O2S2/c18-12-9-15(28(25,26)24-17-23-11-16(20)27-17)13(19)10-14(12)22-8-6-4-2-1-3-5-7-21/h9-11,22H,1-8,21H2,(H,23,24). The third-order valence-electron chi connectivity index (χ3n) is 3.96. The predicted molar refractivity (Wildman–Crippen MR) is 110 cm³/mol. The molecule has 0 radical (unpaired) electrons.